The van der Waals surface area contributed by atoms with Crippen LogP contribution in [0.4, 0.5) is 0 Å². The number of aromatic nitrogens is 4. The van der Waals surface area contributed by atoms with Crippen LogP contribution in [0.2, 0.25) is 5.02 Å². The first-order valence-corrected chi connectivity index (χ1v) is 6.36. The van der Waals surface area contributed by atoms with Gasteiger partial charge in [-0.05, 0) is 29.5 Å². The molecule has 0 bridgehead atoms. The SMILES string of the molecule is O=C(O)Cn1nnc(-c2ccc(-c3ccccc3Cl)o2)n1. The first-order chi connectivity index (χ1) is 10.1. The summed E-state index contributed by atoms with van der Waals surface area (Å²) >= 11 is 6.10. The van der Waals surface area contributed by atoms with Crippen LogP contribution < -0.4 is 0 Å². The third-order valence-electron chi connectivity index (χ3n) is 2.70. The van der Waals surface area contributed by atoms with Crippen molar-refractivity contribution in [1.29, 1.82) is 0 Å². The Morgan fingerprint density at radius 2 is 2.00 bits per heavy atom. The van der Waals surface area contributed by atoms with Crippen LogP contribution in [0.15, 0.2) is 40.8 Å². The summed E-state index contributed by atoms with van der Waals surface area (Å²) in [5.74, 6) is 0.136. The summed E-state index contributed by atoms with van der Waals surface area (Å²) in [6.45, 7) is -0.356. The van der Waals surface area contributed by atoms with Crippen LogP contribution in [0.5, 0.6) is 0 Å². The molecule has 0 spiro atoms. The lowest BCUT2D eigenvalue weighted by atomic mass is 10.2. The number of aliphatic carboxylic acids is 1. The van der Waals surface area contributed by atoms with Crippen LogP contribution >= 0.6 is 11.6 Å². The Kier molecular flexibility index (Phi) is 3.41. The second-order valence-electron chi connectivity index (χ2n) is 4.18. The molecular weight excluding hydrogens is 296 g/mol. The highest BCUT2D eigenvalue weighted by atomic mass is 35.5. The van der Waals surface area contributed by atoms with E-state index in [4.69, 9.17) is 21.1 Å². The third kappa shape index (κ3) is 2.77. The summed E-state index contributed by atoms with van der Waals surface area (Å²) in [7, 11) is 0. The van der Waals surface area contributed by atoms with Crippen molar-refractivity contribution in [3.05, 3.63) is 41.4 Å². The molecule has 0 atom stereocenters. The van der Waals surface area contributed by atoms with Crippen LogP contribution in [-0.4, -0.2) is 31.3 Å². The molecule has 1 N–H and O–H groups in total. The Bertz CT molecular complexity index is 796. The number of hydrogen-bond acceptors (Lipinski definition) is 5. The summed E-state index contributed by atoms with van der Waals surface area (Å²) in [4.78, 5) is 11.6. The molecule has 3 rings (SSSR count). The van der Waals surface area contributed by atoms with Crippen molar-refractivity contribution in [2.45, 2.75) is 6.54 Å². The number of carboxylic acids is 1. The number of carbonyl (C=O) groups is 1. The Balaban J connectivity index is 1.90. The summed E-state index contributed by atoms with van der Waals surface area (Å²) in [6.07, 6.45) is 0. The number of furan rings is 1. The van der Waals surface area contributed by atoms with E-state index in [0.717, 1.165) is 10.4 Å². The van der Waals surface area contributed by atoms with E-state index in [0.29, 0.717) is 16.5 Å². The molecule has 0 aliphatic rings. The second kappa shape index (κ2) is 5.37. The zero-order valence-electron chi connectivity index (χ0n) is 10.6. The number of carboxylic acid groups (broad SMARTS) is 1. The maximum atomic E-state index is 10.6. The summed E-state index contributed by atoms with van der Waals surface area (Å²) < 4.78 is 5.64. The highest BCUT2D eigenvalue weighted by Crippen LogP contribution is 2.31. The molecule has 0 radical (unpaired) electrons. The summed E-state index contributed by atoms with van der Waals surface area (Å²) in [6, 6.07) is 10.7. The zero-order chi connectivity index (χ0) is 14.8. The molecule has 2 heterocycles. The van der Waals surface area contributed by atoms with Crippen LogP contribution in [0, 0.1) is 0 Å². The lowest BCUT2D eigenvalue weighted by molar-refractivity contribution is -0.138. The predicted octanol–water partition coefficient (Wildman–Crippen LogP) is 2.34. The minimum Gasteiger partial charge on any atom is -0.480 e. The van der Waals surface area contributed by atoms with Gasteiger partial charge in [0.05, 0.1) is 5.02 Å². The second-order valence-corrected chi connectivity index (χ2v) is 4.59. The minimum absolute atomic E-state index is 0.217. The van der Waals surface area contributed by atoms with E-state index >= 15 is 0 Å². The quantitative estimate of drug-likeness (QED) is 0.795. The molecule has 2 aromatic heterocycles. The van der Waals surface area contributed by atoms with Gasteiger partial charge in [-0.1, -0.05) is 23.7 Å². The van der Waals surface area contributed by atoms with Crippen LogP contribution in [0.25, 0.3) is 22.9 Å². The van der Waals surface area contributed by atoms with Crippen molar-refractivity contribution in [1.82, 2.24) is 20.2 Å². The van der Waals surface area contributed by atoms with Gasteiger partial charge in [0.15, 0.2) is 12.3 Å². The van der Waals surface area contributed by atoms with Gasteiger partial charge in [0.2, 0.25) is 5.82 Å². The fraction of sp³-hybridized carbons (Fsp3) is 0.0769. The monoisotopic (exact) mass is 304 g/mol. The van der Waals surface area contributed by atoms with Gasteiger partial charge in [0, 0.05) is 5.56 Å². The fourth-order valence-electron chi connectivity index (χ4n) is 1.79. The van der Waals surface area contributed by atoms with Gasteiger partial charge in [-0.2, -0.15) is 4.80 Å². The number of hydrogen-bond donors (Lipinski definition) is 1. The predicted molar refractivity (Wildman–Crippen MR) is 73.6 cm³/mol. The van der Waals surface area contributed by atoms with Crippen molar-refractivity contribution in [3.8, 4) is 22.9 Å². The van der Waals surface area contributed by atoms with Gasteiger partial charge in [-0.25, -0.2) is 0 Å². The van der Waals surface area contributed by atoms with E-state index in [2.05, 4.69) is 15.4 Å². The Morgan fingerprint density at radius 3 is 2.76 bits per heavy atom. The molecule has 3 aromatic rings. The van der Waals surface area contributed by atoms with Crippen LogP contribution in [0.1, 0.15) is 0 Å². The Morgan fingerprint density at radius 1 is 1.24 bits per heavy atom. The summed E-state index contributed by atoms with van der Waals surface area (Å²) in [5.41, 5.74) is 0.753. The van der Waals surface area contributed by atoms with Gasteiger partial charge in [-0.3, -0.25) is 4.79 Å². The molecule has 106 valence electrons. The molecule has 0 unspecified atom stereocenters. The van der Waals surface area contributed by atoms with Crippen molar-refractivity contribution in [2.75, 3.05) is 0 Å². The van der Waals surface area contributed by atoms with E-state index < -0.39 is 5.97 Å². The molecule has 0 fully saturated rings. The van der Waals surface area contributed by atoms with Crippen LogP contribution in [0.3, 0.4) is 0 Å². The number of tetrazole rings is 1. The van der Waals surface area contributed by atoms with Crippen molar-refractivity contribution >= 4 is 17.6 Å². The Hall–Kier alpha value is -2.67. The largest absolute Gasteiger partial charge is 0.480 e. The average Bonchev–Trinajstić information content (AvgIpc) is 3.07. The lowest BCUT2D eigenvalue weighted by Gasteiger charge is -1.98. The first-order valence-electron chi connectivity index (χ1n) is 5.98. The number of rotatable bonds is 4. The molecular formula is C13H9ClN4O3. The molecule has 0 saturated heterocycles. The van der Waals surface area contributed by atoms with E-state index in [-0.39, 0.29) is 12.4 Å². The topological polar surface area (TPSA) is 94.0 Å². The fourth-order valence-corrected chi connectivity index (χ4v) is 2.02. The average molecular weight is 305 g/mol. The van der Waals surface area contributed by atoms with Gasteiger partial charge in [0.1, 0.15) is 5.76 Å². The van der Waals surface area contributed by atoms with Crippen molar-refractivity contribution < 1.29 is 14.3 Å². The molecule has 1 aromatic carbocycles. The van der Waals surface area contributed by atoms with Crippen LogP contribution in [-0.2, 0) is 11.3 Å². The molecule has 21 heavy (non-hydrogen) atoms. The van der Waals surface area contributed by atoms with E-state index in [1.165, 1.54) is 0 Å². The normalized spacial score (nSPS) is 10.7. The molecule has 7 nitrogen and oxygen atoms in total. The Labute approximate surface area is 123 Å². The molecule has 0 aliphatic heterocycles. The molecule has 8 heteroatoms. The highest BCUT2D eigenvalue weighted by molar-refractivity contribution is 6.33. The van der Waals surface area contributed by atoms with E-state index in [1.54, 1.807) is 18.2 Å². The smallest absolute Gasteiger partial charge is 0.327 e. The zero-order valence-corrected chi connectivity index (χ0v) is 11.4. The highest BCUT2D eigenvalue weighted by Gasteiger charge is 2.14. The number of nitrogens with zero attached hydrogens (tertiary/aromatic N) is 4. The molecule has 0 saturated carbocycles. The molecule has 0 amide bonds. The van der Waals surface area contributed by atoms with Crippen molar-refractivity contribution in [2.24, 2.45) is 0 Å². The van der Waals surface area contributed by atoms with Gasteiger partial charge >= 0.3 is 5.97 Å². The lowest BCUT2D eigenvalue weighted by Crippen LogP contribution is -2.11. The van der Waals surface area contributed by atoms with E-state index in [9.17, 15) is 4.79 Å². The summed E-state index contributed by atoms with van der Waals surface area (Å²) in [5, 5.41) is 20.6. The van der Waals surface area contributed by atoms with Gasteiger partial charge in [-0.15, -0.1) is 10.2 Å². The van der Waals surface area contributed by atoms with E-state index in [1.807, 2.05) is 18.2 Å². The first kappa shape index (κ1) is 13.3. The number of halogens is 1. The van der Waals surface area contributed by atoms with Gasteiger partial charge < -0.3 is 9.52 Å². The molecule has 0 aliphatic carbocycles. The minimum atomic E-state index is -1.05. The maximum absolute atomic E-state index is 10.6. The van der Waals surface area contributed by atoms with Gasteiger partial charge in [0.25, 0.3) is 0 Å². The maximum Gasteiger partial charge on any atom is 0.327 e. The third-order valence-corrected chi connectivity index (χ3v) is 3.02. The van der Waals surface area contributed by atoms with Crippen molar-refractivity contribution in [3.63, 3.8) is 0 Å². The standard InChI is InChI=1S/C13H9ClN4O3/c14-9-4-2-1-3-8(9)10-5-6-11(21-10)13-15-17-18(16-13)7-12(19)20/h1-6H,7H2,(H,19,20). The number of benzene rings is 1.